The molecule has 4 heteroatoms. The molecule has 0 spiro atoms. The van der Waals surface area contributed by atoms with E-state index >= 15 is 0 Å². The molecule has 0 atom stereocenters. The van der Waals surface area contributed by atoms with Crippen LogP contribution in [0.25, 0.3) is 0 Å². The average Bonchev–Trinajstić information content (AvgIpc) is 2.48. The summed E-state index contributed by atoms with van der Waals surface area (Å²) >= 11 is 0. The van der Waals surface area contributed by atoms with Crippen LogP contribution in [0, 0.1) is 0 Å². The predicted molar refractivity (Wildman–Crippen MR) is 75.2 cm³/mol. The van der Waals surface area contributed by atoms with Gasteiger partial charge in [-0.3, -0.25) is 0 Å². The lowest BCUT2D eigenvalue weighted by atomic mass is 10.1. The summed E-state index contributed by atoms with van der Waals surface area (Å²) in [5.74, 6) is 0.972. The van der Waals surface area contributed by atoms with Crippen LogP contribution in [-0.4, -0.2) is 18.5 Å². The molecule has 0 radical (unpaired) electrons. The van der Waals surface area contributed by atoms with E-state index in [-0.39, 0.29) is 12.2 Å². The van der Waals surface area contributed by atoms with Gasteiger partial charge in [-0.15, -0.1) is 0 Å². The topological polar surface area (TPSA) is 55.8 Å². The summed E-state index contributed by atoms with van der Waals surface area (Å²) in [6, 6.07) is 12.8. The fraction of sp³-hybridized carbons (Fsp3) is 0.188. The molecular formula is C16H16O4. The first-order valence-electron chi connectivity index (χ1n) is 6.25. The SMILES string of the molecule is COc1cc(CC=O)c(O)cc1OCc1ccccc1. The number of carbonyl (C=O) groups excluding carboxylic acids is 1. The summed E-state index contributed by atoms with van der Waals surface area (Å²) in [5.41, 5.74) is 1.54. The smallest absolute Gasteiger partial charge is 0.165 e. The van der Waals surface area contributed by atoms with Gasteiger partial charge in [0.05, 0.1) is 7.11 Å². The van der Waals surface area contributed by atoms with Crippen LogP contribution in [0.5, 0.6) is 17.2 Å². The van der Waals surface area contributed by atoms with Crippen LogP contribution in [0.4, 0.5) is 0 Å². The maximum absolute atomic E-state index is 10.5. The molecule has 0 saturated heterocycles. The van der Waals surface area contributed by atoms with Gasteiger partial charge in [-0.05, 0) is 11.6 Å². The second kappa shape index (κ2) is 6.61. The number of hydrogen-bond acceptors (Lipinski definition) is 4. The highest BCUT2D eigenvalue weighted by atomic mass is 16.5. The monoisotopic (exact) mass is 272 g/mol. The van der Waals surface area contributed by atoms with Gasteiger partial charge in [-0.1, -0.05) is 30.3 Å². The lowest BCUT2D eigenvalue weighted by Gasteiger charge is -2.13. The third-order valence-corrected chi connectivity index (χ3v) is 2.91. The fourth-order valence-electron chi connectivity index (χ4n) is 1.85. The Morgan fingerprint density at radius 2 is 1.90 bits per heavy atom. The van der Waals surface area contributed by atoms with Crippen LogP contribution >= 0.6 is 0 Å². The Balaban J connectivity index is 2.18. The van der Waals surface area contributed by atoms with Crippen LogP contribution in [-0.2, 0) is 17.8 Å². The quantitative estimate of drug-likeness (QED) is 0.821. The first-order valence-corrected chi connectivity index (χ1v) is 6.25. The van der Waals surface area contributed by atoms with Gasteiger partial charge < -0.3 is 19.4 Å². The number of ether oxygens (including phenoxy) is 2. The predicted octanol–water partition coefficient (Wildman–Crippen LogP) is 2.72. The summed E-state index contributed by atoms with van der Waals surface area (Å²) in [7, 11) is 1.52. The van der Waals surface area contributed by atoms with Gasteiger partial charge in [0.25, 0.3) is 0 Å². The highest BCUT2D eigenvalue weighted by molar-refractivity contribution is 5.60. The molecular weight excluding hydrogens is 256 g/mol. The lowest BCUT2D eigenvalue weighted by molar-refractivity contribution is -0.107. The van der Waals surface area contributed by atoms with Crippen molar-refractivity contribution < 1.29 is 19.4 Å². The number of phenols is 1. The van der Waals surface area contributed by atoms with E-state index in [1.54, 1.807) is 6.07 Å². The maximum atomic E-state index is 10.5. The van der Waals surface area contributed by atoms with Crippen molar-refractivity contribution in [3.63, 3.8) is 0 Å². The lowest BCUT2D eigenvalue weighted by Crippen LogP contribution is -1.99. The molecule has 0 fully saturated rings. The molecule has 0 aromatic heterocycles. The molecule has 0 aliphatic carbocycles. The molecule has 0 heterocycles. The van der Waals surface area contributed by atoms with Gasteiger partial charge >= 0.3 is 0 Å². The van der Waals surface area contributed by atoms with Crippen molar-refractivity contribution in [3.8, 4) is 17.2 Å². The number of rotatable bonds is 6. The fourth-order valence-corrected chi connectivity index (χ4v) is 1.85. The van der Waals surface area contributed by atoms with E-state index in [0.29, 0.717) is 23.7 Å². The summed E-state index contributed by atoms with van der Waals surface area (Å²) in [4.78, 5) is 10.5. The summed E-state index contributed by atoms with van der Waals surface area (Å²) in [6.45, 7) is 0.379. The largest absolute Gasteiger partial charge is 0.508 e. The van der Waals surface area contributed by atoms with E-state index in [1.165, 1.54) is 13.2 Å². The highest BCUT2D eigenvalue weighted by Crippen LogP contribution is 2.34. The Morgan fingerprint density at radius 3 is 2.55 bits per heavy atom. The van der Waals surface area contributed by atoms with Gasteiger partial charge in [0.1, 0.15) is 18.6 Å². The second-order valence-electron chi connectivity index (χ2n) is 4.28. The summed E-state index contributed by atoms with van der Waals surface area (Å²) < 4.78 is 10.9. The van der Waals surface area contributed by atoms with Gasteiger partial charge in [0.2, 0.25) is 0 Å². The molecule has 0 aliphatic rings. The van der Waals surface area contributed by atoms with Gasteiger partial charge in [-0.2, -0.15) is 0 Å². The van der Waals surface area contributed by atoms with Crippen molar-refractivity contribution in [3.05, 3.63) is 53.6 Å². The molecule has 1 N–H and O–H groups in total. The van der Waals surface area contributed by atoms with Gasteiger partial charge in [-0.25, -0.2) is 0 Å². The van der Waals surface area contributed by atoms with Crippen molar-refractivity contribution in [2.75, 3.05) is 7.11 Å². The number of benzene rings is 2. The number of methoxy groups -OCH3 is 1. The third-order valence-electron chi connectivity index (χ3n) is 2.91. The number of phenolic OH excluding ortho intramolecular Hbond substituents is 1. The molecule has 0 aliphatic heterocycles. The Morgan fingerprint density at radius 1 is 1.15 bits per heavy atom. The second-order valence-corrected chi connectivity index (χ2v) is 4.28. The van der Waals surface area contributed by atoms with Gasteiger partial charge in [0.15, 0.2) is 11.5 Å². The van der Waals surface area contributed by atoms with Crippen LogP contribution < -0.4 is 9.47 Å². The van der Waals surface area contributed by atoms with Gasteiger partial charge in [0, 0.05) is 18.1 Å². The number of aldehydes is 1. The summed E-state index contributed by atoms with van der Waals surface area (Å²) in [5, 5.41) is 9.85. The van der Waals surface area contributed by atoms with E-state index in [4.69, 9.17) is 9.47 Å². The Hall–Kier alpha value is -2.49. The maximum Gasteiger partial charge on any atom is 0.165 e. The molecule has 2 aromatic rings. The zero-order chi connectivity index (χ0) is 14.4. The zero-order valence-corrected chi connectivity index (χ0v) is 11.2. The minimum Gasteiger partial charge on any atom is -0.508 e. The molecule has 4 nitrogen and oxygen atoms in total. The van der Waals surface area contributed by atoms with Crippen molar-refractivity contribution >= 4 is 6.29 Å². The van der Waals surface area contributed by atoms with Crippen molar-refractivity contribution in [2.24, 2.45) is 0 Å². The molecule has 0 unspecified atom stereocenters. The van der Waals surface area contributed by atoms with Crippen molar-refractivity contribution in [1.29, 1.82) is 0 Å². The standard InChI is InChI=1S/C16H16O4/c1-19-15-9-13(7-8-17)14(18)10-16(15)20-11-12-5-3-2-4-6-12/h2-6,8-10,18H,7,11H2,1H3. The molecule has 2 rings (SSSR count). The van der Waals surface area contributed by atoms with E-state index in [9.17, 15) is 9.90 Å². The van der Waals surface area contributed by atoms with E-state index in [0.717, 1.165) is 11.8 Å². The van der Waals surface area contributed by atoms with E-state index in [1.807, 2.05) is 30.3 Å². The highest BCUT2D eigenvalue weighted by Gasteiger charge is 2.11. The Labute approximate surface area is 117 Å². The Kier molecular flexibility index (Phi) is 4.60. The molecule has 104 valence electrons. The molecule has 20 heavy (non-hydrogen) atoms. The Bertz CT molecular complexity index is 579. The molecule has 0 saturated carbocycles. The third kappa shape index (κ3) is 3.29. The van der Waals surface area contributed by atoms with E-state index < -0.39 is 0 Å². The number of carbonyl (C=O) groups is 1. The van der Waals surface area contributed by atoms with Crippen LogP contribution in [0.15, 0.2) is 42.5 Å². The number of aromatic hydroxyl groups is 1. The van der Waals surface area contributed by atoms with Crippen LogP contribution in [0.3, 0.4) is 0 Å². The van der Waals surface area contributed by atoms with Crippen LogP contribution in [0.2, 0.25) is 0 Å². The normalized spacial score (nSPS) is 10.1. The first-order chi connectivity index (χ1) is 9.74. The zero-order valence-electron chi connectivity index (χ0n) is 11.2. The minimum atomic E-state index is 0.0287. The molecule has 0 amide bonds. The first kappa shape index (κ1) is 13.9. The molecule has 2 aromatic carbocycles. The van der Waals surface area contributed by atoms with Crippen molar-refractivity contribution in [1.82, 2.24) is 0 Å². The average molecular weight is 272 g/mol. The minimum absolute atomic E-state index is 0.0287. The summed E-state index contributed by atoms with van der Waals surface area (Å²) in [6.07, 6.45) is 0.875. The van der Waals surface area contributed by atoms with E-state index in [2.05, 4.69) is 0 Å². The van der Waals surface area contributed by atoms with Crippen LogP contribution in [0.1, 0.15) is 11.1 Å². The number of hydrogen-bond donors (Lipinski definition) is 1. The molecule has 0 bridgehead atoms. The van der Waals surface area contributed by atoms with Crippen molar-refractivity contribution in [2.45, 2.75) is 13.0 Å².